The van der Waals surface area contributed by atoms with E-state index in [2.05, 4.69) is 5.32 Å². The predicted octanol–water partition coefficient (Wildman–Crippen LogP) is 4.04. The van der Waals surface area contributed by atoms with Crippen LogP contribution < -0.4 is 5.32 Å². The molecule has 2 aromatic carbocycles. The van der Waals surface area contributed by atoms with Crippen molar-refractivity contribution in [2.45, 2.75) is 83.1 Å². The van der Waals surface area contributed by atoms with Crippen molar-refractivity contribution in [2.75, 3.05) is 6.61 Å². The van der Waals surface area contributed by atoms with Crippen LogP contribution in [0, 0.1) is 5.92 Å². The fourth-order valence-electron chi connectivity index (χ4n) is 5.44. The number of carbonyl (C=O) groups is 3. The van der Waals surface area contributed by atoms with Crippen molar-refractivity contribution in [2.24, 2.45) is 5.92 Å². The van der Waals surface area contributed by atoms with Crippen molar-refractivity contribution >= 4 is 17.8 Å². The highest BCUT2D eigenvalue weighted by Crippen LogP contribution is 2.42. The molecule has 2 fully saturated rings. The summed E-state index contributed by atoms with van der Waals surface area (Å²) in [6.45, 7) is 3.52. The van der Waals surface area contributed by atoms with Gasteiger partial charge in [-0.05, 0) is 63.0 Å². The van der Waals surface area contributed by atoms with E-state index in [4.69, 9.17) is 16.3 Å². The highest BCUT2D eigenvalue weighted by Gasteiger charge is 2.50. The summed E-state index contributed by atoms with van der Waals surface area (Å²) in [6.07, 6.45) is 3.27. The largest absolute Gasteiger partial charge is 0.465 e. The number of carbonyl (C=O) groups excluding carboxylic acids is 3. The molecule has 0 aromatic heterocycles. The van der Waals surface area contributed by atoms with Gasteiger partial charge in [-0.1, -0.05) is 67.0 Å². The van der Waals surface area contributed by atoms with E-state index in [1.54, 1.807) is 18.7 Å². The first-order chi connectivity index (χ1) is 20.0. The number of amides is 1. The van der Waals surface area contributed by atoms with Crippen LogP contribution in [0.15, 0.2) is 60.5 Å². The molecule has 0 unspecified atom stereocenters. The van der Waals surface area contributed by atoms with Crippen LogP contribution in [0.25, 0.3) is 0 Å². The molecule has 5 atom stereocenters. The van der Waals surface area contributed by atoms with Crippen LogP contribution in [0.5, 0.6) is 0 Å². The van der Waals surface area contributed by atoms with E-state index >= 15 is 0 Å². The van der Waals surface area contributed by atoms with E-state index in [1.807, 2.05) is 30.3 Å². The predicted molar refractivity (Wildman–Crippen MR) is 140 cm³/mol. The van der Waals surface area contributed by atoms with Crippen LogP contribution in [0.2, 0.25) is 0 Å². The minimum Gasteiger partial charge on any atom is -0.465 e. The average molecular weight is 512 g/mol. The lowest BCUT2D eigenvalue weighted by Crippen LogP contribution is -2.55. The van der Waals surface area contributed by atoms with Crippen molar-refractivity contribution in [1.82, 2.24) is 10.2 Å². The van der Waals surface area contributed by atoms with Crippen molar-refractivity contribution in [3.63, 3.8) is 0 Å². The Kier molecular flexibility index (Phi) is 7.24. The molecule has 2 aliphatic rings. The van der Waals surface area contributed by atoms with Crippen LogP contribution in [-0.4, -0.2) is 53.5 Å². The number of benzene rings is 2. The van der Waals surface area contributed by atoms with Gasteiger partial charge in [0, 0.05) is 6.04 Å². The van der Waals surface area contributed by atoms with Gasteiger partial charge in [-0.2, -0.15) is 0 Å². The smallest absolute Gasteiger partial charge is 0.329 e. The van der Waals surface area contributed by atoms with E-state index in [-0.39, 0.29) is 61.6 Å². The molecule has 1 amide bonds. The lowest BCUT2D eigenvalue weighted by molar-refractivity contribution is -0.156. The summed E-state index contributed by atoms with van der Waals surface area (Å²) in [5.74, 6) is -1.16. The van der Waals surface area contributed by atoms with Gasteiger partial charge in [0.05, 0.1) is 19.5 Å². The molecule has 0 bridgehead atoms. The molecule has 1 saturated heterocycles. The Morgan fingerprint density at radius 3 is 2.57 bits per heavy atom. The first-order valence-electron chi connectivity index (χ1n) is 15.6. The fourth-order valence-corrected chi connectivity index (χ4v) is 5.44. The van der Waals surface area contributed by atoms with E-state index < -0.39 is 48.2 Å². The SMILES string of the molecule is [2H]c1c([2H])c([2H])c(CC[C@@H](N[C@H](C)C(=O)N2[C@@H](C(=O)OCc3ccccc3)C[C@H]3CCC[C@H]32)C(=O)OCC)c([2H])c1[2H]. The number of rotatable bonds is 11. The van der Waals surface area contributed by atoms with Gasteiger partial charge in [-0.15, -0.1) is 0 Å². The molecule has 1 N–H and O–H groups in total. The van der Waals surface area contributed by atoms with Gasteiger partial charge < -0.3 is 14.4 Å². The number of fused-ring (bicyclic) bond motifs is 1. The minimum atomic E-state index is -0.979. The van der Waals surface area contributed by atoms with Crippen LogP contribution in [-0.2, 0) is 36.9 Å². The van der Waals surface area contributed by atoms with E-state index in [0.717, 1.165) is 24.8 Å². The number of esters is 2. The van der Waals surface area contributed by atoms with Crippen LogP contribution >= 0.6 is 0 Å². The molecule has 1 heterocycles. The van der Waals surface area contributed by atoms with Gasteiger partial charge in [0.2, 0.25) is 5.91 Å². The van der Waals surface area contributed by atoms with E-state index in [9.17, 15) is 14.4 Å². The van der Waals surface area contributed by atoms with Crippen molar-refractivity contribution in [3.05, 3.63) is 71.7 Å². The second-order valence-electron chi connectivity index (χ2n) is 9.68. The van der Waals surface area contributed by atoms with Crippen LogP contribution in [0.4, 0.5) is 0 Å². The quantitative estimate of drug-likeness (QED) is 0.459. The number of likely N-dealkylation sites (tertiary alicyclic amines) is 1. The zero-order valence-electron chi connectivity index (χ0n) is 26.4. The monoisotopic (exact) mass is 511 g/mol. The van der Waals surface area contributed by atoms with Gasteiger partial charge in [0.15, 0.2) is 0 Å². The molecule has 2 aromatic rings. The normalized spacial score (nSPS) is 24.1. The highest BCUT2D eigenvalue weighted by molar-refractivity contribution is 5.89. The number of hydrogen-bond acceptors (Lipinski definition) is 6. The topological polar surface area (TPSA) is 84.9 Å². The first-order valence-corrected chi connectivity index (χ1v) is 13.1. The summed E-state index contributed by atoms with van der Waals surface area (Å²) in [6, 6.07) is 4.69. The molecule has 4 rings (SSSR count). The Morgan fingerprint density at radius 1 is 1.08 bits per heavy atom. The lowest BCUT2D eigenvalue weighted by Gasteiger charge is -2.32. The maximum absolute atomic E-state index is 13.9. The molecule has 198 valence electrons. The summed E-state index contributed by atoms with van der Waals surface area (Å²) in [5.41, 5.74) is 0.944. The van der Waals surface area contributed by atoms with Gasteiger partial charge >= 0.3 is 11.9 Å². The highest BCUT2D eigenvalue weighted by atomic mass is 16.5. The molecule has 0 spiro atoms. The van der Waals surface area contributed by atoms with Gasteiger partial charge in [0.1, 0.15) is 18.7 Å². The molecule has 7 heteroatoms. The maximum atomic E-state index is 13.9. The summed E-state index contributed by atoms with van der Waals surface area (Å²) in [4.78, 5) is 41.6. The molecule has 7 nitrogen and oxygen atoms in total. The van der Waals surface area contributed by atoms with Crippen molar-refractivity contribution < 1.29 is 30.7 Å². The summed E-state index contributed by atoms with van der Waals surface area (Å²) in [7, 11) is 0. The Labute approximate surface area is 226 Å². The molecule has 1 aliphatic carbocycles. The first kappa shape index (κ1) is 20.8. The molecule has 1 aliphatic heterocycles. The lowest BCUT2D eigenvalue weighted by atomic mass is 10.0. The fraction of sp³-hybridized carbons (Fsp3) is 0.500. The van der Waals surface area contributed by atoms with E-state index in [1.165, 1.54) is 0 Å². The Hall–Kier alpha value is -3.19. The minimum absolute atomic E-state index is 0.00402. The summed E-state index contributed by atoms with van der Waals surface area (Å²) >= 11 is 0. The van der Waals surface area contributed by atoms with E-state index in [0.29, 0.717) is 6.42 Å². The molecule has 37 heavy (non-hydrogen) atoms. The molecule has 0 radical (unpaired) electrons. The van der Waals surface area contributed by atoms with Gasteiger partial charge in [-0.25, -0.2) is 4.79 Å². The molecular weight excluding hydrogens is 468 g/mol. The second-order valence-corrected chi connectivity index (χ2v) is 9.68. The van der Waals surface area contributed by atoms with Crippen LogP contribution in [0.3, 0.4) is 0 Å². The third kappa shape index (κ3) is 6.77. The number of hydrogen-bond donors (Lipinski definition) is 1. The second kappa shape index (κ2) is 12.9. The van der Waals surface area contributed by atoms with Gasteiger partial charge in [0.25, 0.3) is 0 Å². The maximum Gasteiger partial charge on any atom is 0.329 e. The van der Waals surface area contributed by atoms with Crippen molar-refractivity contribution in [3.8, 4) is 0 Å². The van der Waals surface area contributed by atoms with Crippen molar-refractivity contribution in [1.29, 1.82) is 0 Å². The third-order valence-corrected chi connectivity index (χ3v) is 7.22. The summed E-state index contributed by atoms with van der Waals surface area (Å²) < 4.78 is 50.9. The zero-order valence-corrected chi connectivity index (χ0v) is 21.4. The summed E-state index contributed by atoms with van der Waals surface area (Å²) in [5, 5.41) is 3.05. The Bertz CT molecular complexity index is 1280. The average Bonchev–Trinajstić information content (AvgIpc) is 3.59. The molecular formula is C30H38N2O5. The Balaban J connectivity index is 1.49. The number of ether oxygens (including phenoxy) is 2. The third-order valence-electron chi connectivity index (χ3n) is 7.22. The zero-order chi connectivity index (χ0) is 30.6. The van der Waals surface area contributed by atoms with Crippen LogP contribution in [0.1, 0.15) is 63.9 Å². The standard InChI is InChI=1S/C30H38N2O5/c1-3-36-29(34)25(18-17-22-11-6-4-7-12-22)31-21(2)28(33)32-26-16-10-15-24(26)19-27(32)30(35)37-20-23-13-8-5-9-14-23/h4-9,11-14,21,24-27,31H,3,10,15-20H2,1-2H3/t21-,24-,25-,26-,27-/m1/s1/i4D,6D,7D,11D,12D. The van der Waals surface area contributed by atoms with Gasteiger partial charge in [-0.3, -0.25) is 14.9 Å². The molecule has 1 saturated carbocycles. The Morgan fingerprint density at radius 2 is 1.84 bits per heavy atom. The number of nitrogens with one attached hydrogen (secondary N) is 1. The number of nitrogens with zero attached hydrogens (tertiary/aromatic N) is 1.